The summed E-state index contributed by atoms with van der Waals surface area (Å²) in [7, 11) is 1.98. The zero-order valence-corrected chi connectivity index (χ0v) is 34.8. The van der Waals surface area contributed by atoms with Crippen LogP contribution in [0.4, 0.5) is 23.5 Å². The maximum Gasteiger partial charge on any atom is 0.233 e. The van der Waals surface area contributed by atoms with Crippen molar-refractivity contribution in [2.75, 3.05) is 35.7 Å². The smallest absolute Gasteiger partial charge is 0.233 e. The van der Waals surface area contributed by atoms with Crippen LogP contribution < -0.4 is 27.4 Å². The Labute approximate surface area is 344 Å². The van der Waals surface area contributed by atoms with Crippen molar-refractivity contribution in [3.63, 3.8) is 0 Å². The van der Waals surface area contributed by atoms with Gasteiger partial charge in [0.1, 0.15) is 23.2 Å². The Balaban J connectivity index is 0.000000812. The summed E-state index contributed by atoms with van der Waals surface area (Å²) in [5.41, 5.74) is 14.8. The van der Waals surface area contributed by atoms with E-state index in [0.29, 0.717) is 23.1 Å². The first-order valence-electron chi connectivity index (χ1n) is 15.7. The quantitative estimate of drug-likeness (QED) is 0.0692. The van der Waals surface area contributed by atoms with Gasteiger partial charge in [-0.15, -0.1) is 0 Å². The summed E-state index contributed by atoms with van der Waals surface area (Å²) in [6.45, 7) is 11.3. The molecule has 0 aliphatic carbocycles. The van der Waals surface area contributed by atoms with Crippen LogP contribution in [0, 0.1) is 17.4 Å². The average Bonchev–Trinajstić information content (AvgIpc) is 3.62. The molecule has 6 aromatic rings. The molecule has 0 spiro atoms. The van der Waals surface area contributed by atoms with Crippen molar-refractivity contribution in [3.05, 3.63) is 91.4 Å². The van der Waals surface area contributed by atoms with Gasteiger partial charge < -0.3 is 36.3 Å². The lowest BCUT2D eigenvalue weighted by molar-refractivity contribution is 0.567. The summed E-state index contributed by atoms with van der Waals surface area (Å²) < 4.78 is 13.3. The predicted octanol–water partition coefficient (Wildman–Crippen LogP) is 10.4. The highest BCUT2D eigenvalue weighted by molar-refractivity contribution is 14.1. The number of aromatic nitrogens is 4. The van der Waals surface area contributed by atoms with Crippen molar-refractivity contribution in [2.24, 2.45) is 0 Å². The minimum Gasteiger partial charge on any atom is -0.443 e. The summed E-state index contributed by atoms with van der Waals surface area (Å²) in [5, 5.41) is 11.5. The number of hydrogen-bond acceptors (Lipinski definition) is 11. The van der Waals surface area contributed by atoms with Crippen LogP contribution >= 0.6 is 65.5 Å². The lowest BCUT2D eigenvalue weighted by atomic mass is 10.1. The first-order chi connectivity index (χ1) is 23.0. The molecule has 7 N–H and O–H groups in total. The van der Waals surface area contributed by atoms with E-state index in [2.05, 4.69) is 132 Å². The number of nitrogens with two attached hydrogens (primary N) is 2. The molecule has 4 aromatic heterocycles. The molecule has 0 aliphatic heterocycles. The number of halogens is 2. The Hall–Kier alpha value is -3.25. The minimum atomic E-state index is 0. The van der Waals surface area contributed by atoms with E-state index in [4.69, 9.17) is 20.3 Å². The highest BCUT2D eigenvalue weighted by Crippen LogP contribution is 2.29. The fraction of sp³-hybridized carbons (Fsp3) is 0.351. The van der Waals surface area contributed by atoms with Crippen LogP contribution in [0.25, 0.3) is 22.2 Å². The second kappa shape index (κ2) is 23.4. The van der Waals surface area contributed by atoms with Gasteiger partial charge in [-0.25, -0.2) is 0 Å². The van der Waals surface area contributed by atoms with E-state index in [9.17, 15) is 0 Å². The van der Waals surface area contributed by atoms with E-state index in [-0.39, 0.29) is 65.8 Å². The number of unbranched alkanes of at least 4 members (excludes halogenated alkanes) is 1. The summed E-state index contributed by atoms with van der Waals surface area (Å²) in [5.74, 6) is 3.35. The Morgan fingerprint density at radius 3 is 1.50 bits per heavy atom. The number of nitrogen functional groups attached to an aromatic ring is 2. The number of anilines is 4. The molecule has 52 heavy (non-hydrogen) atoms. The van der Waals surface area contributed by atoms with Crippen molar-refractivity contribution in [3.8, 4) is 0 Å². The van der Waals surface area contributed by atoms with Gasteiger partial charge in [0.15, 0.2) is 0 Å². The maximum absolute atomic E-state index is 5.75. The molecule has 0 fully saturated rings. The van der Waals surface area contributed by atoms with Crippen molar-refractivity contribution in [2.45, 2.75) is 74.4 Å². The number of rotatable bonds is 9. The van der Waals surface area contributed by atoms with Crippen LogP contribution in [-0.4, -0.2) is 33.5 Å². The van der Waals surface area contributed by atoms with Gasteiger partial charge in [0.05, 0.1) is 10.8 Å². The molecule has 286 valence electrons. The molecule has 0 saturated carbocycles. The number of furan rings is 2. The third kappa shape index (κ3) is 14.0. The fourth-order valence-corrected chi connectivity index (χ4v) is 5.39. The standard InChI is InChI=1S/C15H15BrN4O.C15H15IN4O.C5H13N.2CH4.2H2S/c2*1-8-7-12-13(19-15(17)20-14(12)21-8)18-9(2)10-3-5-11(16)6-4-10;1-3-4-5-6-2;;;;/h2*3-7,9H,1-2H3,(H3,17,18,19,20);6H,3-5H2,1-2H3;2*1H4;2*1H2/t2*9-;;;;;/m00...../s1. The number of nitrogens with zero attached hydrogens (tertiary/aromatic N) is 4. The van der Waals surface area contributed by atoms with Crippen LogP contribution in [0.1, 0.15) is 83.2 Å². The summed E-state index contributed by atoms with van der Waals surface area (Å²) >= 11 is 5.73. The third-order valence-electron chi connectivity index (χ3n) is 7.29. The molecule has 15 heteroatoms. The van der Waals surface area contributed by atoms with E-state index in [1.807, 2.05) is 45.2 Å². The molecule has 4 heterocycles. The van der Waals surface area contributed by atoms with Crippen molar-refractivity contribution >= 4 is 111 Å². The molecule has 2 aromatic carbocycles. The molecule has 0 bridgehead atoms. The van der Waals surface area contributed by atoms with Gasteiger partial charge in [-0.2, -0.15) is 46.9 Å². The first-order valence-corrected chi connectivity index (χ1v) is 17.6. The van der Waals surface area contributed by atoms with Crippen LogP contribution in [0.5, 0.6) is 0 Å². The van der Waals surface area contributed by atoms with Crippen molar-refractivity contribution in [1.29, 1.82) is 0 Å². The molecule has 0 amide bonds. The zero-order valence-electron chi connectivity index (χ0n) is 29.1. The Morgan fingerprint density at radius 2 is 1.13 bits per heavy atom. The Kier molecular flexibility index (Phi) is 22.0. The van der Waals surface area contributed by atoms with Crippen LogP contribution in [0.3, 0.4) is 0 Å². The van der Waals surface area contributed by atoms with E-state index < -0.39 is 0 Å². The second-order valence-electron chi connectivity index (χ2n) is 11.3. The maximum atomic E-state index is 5.75. The summed E-state index contributed by atoms with van der Waals surface area (Å²) in [6.07, 6.45) is 2.59. The highest BCUT2D eigenvalue weighted by atomic mass is 127. The molecule has 6 rings (SSSR count). The topological polar surface area (TPSA) is 166 Å². The Morgan fingerprint density at radius 1 is 0.731 bits per heavy atom. The van der Waals surface area contributed by atoms with Gasteiger partial charge in [0.25, 0.3) is 0 Å². The van der Waals surface area contributed by atoms with Crippen LogP contribution in [-0.2, 0) is 0 Å². The zero-order chi connectivity index (χ0) is 34.8. The highest BCUT2D eigenvalue weighted by Gasteiger charge is 2.15. The number of aryl methyl sites for hydroxylation is 2. The fourth-order valence-electron chi connectivity index (χ4n) is 4.77. The SMILES string of the molecule is C.C.CCCCNC.Cc1cc2c(N[C@@H](C)c3ccc(Br)cc3)nc(N)nc2o1.Cc1cc2c(N[C@@H](C)c3ccc(I)cc3)nc(N)nc2o1.S.S. The molecule has 0 aliphatic rings. The van der Waals surface area contributed by atoms with E-state index >= 15 is 0 Å². The number of nitrogens with one attached hydrogen (secondary N) is 3. The predicted molar refractivity (Wildman–Crippen MR) is 242 cm³/mol. The number of benzene rings is 2. The lowest BCUT2D eigenvalue weighted by Gasteiger charge is -2.15. The number of hydrogen-bond donors (Lipinski definition) is 5. The molecular weight excluding hydrogens is 873 g/mol. The monoisotopic (exact) mass is 927 g/mol. The lowest BCUT2D eigenvalue weighted by Crippen LogP contribution is -2.09. The van der Waals surface area contributed by atoms with Gasteiger partial charge in [0, 0.05) is 20.1 Å². The van der Waals surface area contributed by atoms with Gasteiger partial charge in [0.2, 0.25) is 23.3 Å². The normalized spacial score (nSPS) is 11.2. The second-order valence-corrected chi connectivity index (χ2v) is 13.5. The van der Waals surface area contributed by atoms with E-state index in [1.54, 1.807) is 0 Å². The average molecular weight is 929 g/mol. The van der Waals surface area contributed by atoms with Crippen molar-refractivity contribution < 1.29 is 8.83 Å². The Bertz CT molecular complexity index is 1780. The van der Waals surface area contributed by atoms with E-state index in [1.165, 1.54) is 22.0 Å². The molecule has 11 nitrogen and oxygen atoms in total. The summed E-state index contributed by atoms with van der Waals surface area (Å²) in [6, 6.07) is 20.5. The van der Waals surface area contributed by atoms with Gasteiger partial charge in [-0.1, -0.05) is 68.4 Å². The summed E-state index contributed by atoms with van der Waals surface area (Å²) in [4.78, 5) is 16.8. The molecule has 0 radical (unpaired) electrons. The van der Waals surface area contributed by atoms with Gasteiger partial charge in [-0.3, -0.25) is 0 Å². The molecular formula is C37H55BrIN9O2S2. The van der Waals surface area contributed by atoms with Crippen LogP contribution in [0.2, 0.25) is 0 Å². The van der Waals surface area contributed by atoms with Gasteiger partial charge >= 0.3 is 0 Å². The molecule has 0 saturated heterocycles. The molecule has 2 atom stereocenters. The van der Waals surface area contributed by atoms with E-state index in [0.717, 1.165) is 38.9 Å². The minimum absolute atomic E-state index is 0. The number of fused-ring (bicyclic) bond motifs is 2. The van der Waals surface area contributed by atoms with Gasteiger partial charge in [-0.05, 0) is 118 Å². The van der Waals surface area contributed by atoms with Crippen LogP contribution in [0.15, 0.2) is 74.0 Å². The molecule has 0 unspecified atom stereocenters. The first kappa shape index (κ1) is 48.8. The largest absolute Gasteiger partial charge is 0.443 e. The third-order valence-corrected chi connectivity index (χ3v) is 8.54. The van der Waals surface area contributed by atoms with Crippen molar-refractivity contribution in [1.82, 2.24) is 25.3 Å².